The summed E-state index contributed by atoms with van der Waals surface area (Å²) < 4.78 is 16.5. The Morgan fingerprint density at radius 1 is 0.367 bits per heavy atom. The smallest absolute Gasteiger partial charge is 0.309 e. The predicted molar refractivity (Wildman–Crippen MR) is 255 cm³/mol. The van der Waals surface area contributed by atoms with E-state index in [2.05, 4.69) is 93.7 Å². The minimum Gasteiger partial charge on any atom is -0.462 e. The number of unbranched alkanes of at least 4 members (excludes halogenated alkanes) is 9. The Hall–Kier alpha value is -4.71. The van der Waals surface area contributed by atoms with Gasteiger partial charge in [-0.15, -0.1) is 0 Å². The van der Waals surface area contributed by atoms with E-state index in [1.165, 1.54) is 12.8 Å². The van der Waals surface area contributed by atoms with Gasteiger partial charge in [0, 0.05) is 12.8 Å². The highest BCUT2D eigenvalue weighted by Crippen LogP contribution is 2.12. The Morgan fingerprint density at radius 2 is 0.750 bits per heavy atom. The Balaban J connectivity index is 4.57. The molecule has 0 aromatic carbocycles. The number of rotatable bonds is 38. The van der Waals surface area contributed by atoms with Crippen LogP contribution in [0.5, 0.6) is 0 Å². The zero-order chi connectivity index (χ0) is 43.7. The number of carbonyl (C=O) groups is 3. The first-order valence-electron chi connectivity index (χ1n) is 22.9. The van der Waals surface area contributed by atoms with E-state index in [1.54, 1.807) is 6.08 Å². The molecule has 0 aliphatic rings. The molecule has 0 aliphatic heterocycles. The second-order valence-corrected chi connectivity index (χ2v) is 14.3. The summed E-state index contributed by atoms with van der Waals surface area (Å²) in [6, 6.07) is 0. The standard InChI is InChI=1S/C54H80O6/c1-4-7-10-13-16-19-21-23-25-27-29-30-32-35-38-41-44-47-53(56)59-50-51(49-58-52(55)46-43-40-37-34-18-15-12-9-6-3)60-54(57)48-45-42-39-36-33-31-28-26-24-22-20-17-14-11-8-5-2/h7-13,16-21,23-27,29-30,32,34,40,43,51H,4-6,14-15,22,28,31,33,35-39,41-42,44-50H2,1-3H3/b10-7-,11-8-,12-9-,16-13-,20-17-,21-19-,25-23-,26-24-,29-27+,32-30-,34-18-,43-40-. The maximum absolute atomic E-state index is 12.7. The van der Waals surface area contributed by atoms with Crippen LogP contribution in [-0.2, 0) is 28.6 Å². The van der Waals surface area contributed by atoms with Crippen molar-refractivity contribution in [3.05, 3.63) is 146 Å². The first-order valence-corrected chi connectivity index (χ1v) is 22.9. The van der Waals surface area contributed by atoms with Crippen molar-refractivity contribution in [2.24, 2.45) is 0 Å². The van der Waals surface area contributed by atoms with Gasteiger partial charge in [-0.3, -0.25) is 14.4 Å². The molecular weight excluding hydrogens is 745 g/mol. The lowest BCUT2D eigenvalue weighted by Crippen LogP contribution is -2.30. The minimum atomic E-state index is -0.844. The summed E-state index contributed by atoms with van der Waals surface area (Å²) >= 11 is 0. The fourth-order valence-electron chi connectivity index (χ4n) is 5.43. The quantitative estimate of drug-likeness (QED) is 0.0203. The van der Waals surface area contributed by atoms with Crippen LogP contribution >= 0.6 is 0 Å². The van der Waals surface area contributed by atoms with Crippen molar-refractivity contribution < 1.29 is 28.6 Å². The number of esters is 3. The van der Waals surface area contributed by atoms with Gasteiger partial charge in [0.05, 0.1) is 6.42 Å². The van der Waals surface area contributed by atoms with Gasteiger partial charge in [0.1, 0.15) is 13.2 Å². The van der Waals surface area contributed by atoms with Gasteiger partial charge in [0.15, 0.2) is 6.10 Å². The highest BCUT2D eigenvalue weighted by atomic mass is 16.6. The van der Waals surface area contributed by atoms with Gasteiger partial charge in [-0.25, -0.2) is 0 Å². The van der Waals surface area contributed by atoms with Crippen LogP contribution in [0.2, 0.25) is 0 Å². The second-order valence-electron chi connectivity index (χ2n) is 14.3. The number of hydrogen-bond donors (Lipinski definition) is 0. The molecular formula is C54H80O6. The Labute approximate surface area is 366 Å². The van der Waals surface area contributed by atoms with Crippen molar-refractivity contribution in [1.29, 1.82) is 0 Å². The molecule has 1 atom stereocenters. The third kappa shape index (κ3) is 44.4. The topological polar surface area (TPSA) is 78.9 Å². The molecule has 0 N–H and O–H groups in total. The zero-order valence-electron chi connectivity index (χ0n) is 37.6. The van der Waals surface area contributed by atoms with Crippen LogP contribution < -0.4 is 0 Å². The molecule has 0 spiro atoms. The van der Waals surface area contributed by atoms with Gasteiger partial charge in [0.25, 0.3) is 0 Å². The lowest BCUT2D eigenvalue weighted by molar-refractivity contribution is -0.166. The van der Waals surface area contributed by atoms with E-state index in [1.807, 2.05) is 66.8 Å². The van der Waals surface area contributed by atoms with Crippen LogP contribution in [0.15, 0.2) is 146 Å². The maximum atomic E-state index is 12.7. The normalized spacial score (nSPS) is 13.4. The van der Waals surface area contributed by atoms with Crippen LogP contribution in [0.4, 0.5) is 0 Å². The van der Waals surface area contributed by atoms with Crippen molar-refractivity contribution in [3.63, 3.8) is 0 Å². The van der Waals surface area contributed by atoms with Crippen LogP contribution in [0.3, 0.4) is 0 Å². The highest BCUT2D eigenvalue weighted by Gasteiger charge is 2.19. The number of hydrogen-bond acceptors (Lipinski definition) is 6. The van der Waals surface area contributed by atoms with Gasteiger partial charge >= 0.3 is 17.9 Å². The van der Waals surface area contributed by atoms with Gasteiger partial charge in [0.2, 0.25) is 0 Å². The molecule has 1 unspecified atom stereocenters. The molecule has 60 heavy (non-hydrogen) atoms. The van der Waals surface area contributed by atoms with Gasteiger partial charge in [-0.1, -0.05) is 199 Å². The van der Waals surface area contributed by atoms with E-state index in [-0.39, 0.29) is 44.4 Å². The molecule has 6 nitrogen and oxygen atoms in total. The summed E-state index contributed by atoms with van der Waals surface area (Å²) in [5.41, 5.74) is 0. The fourth-order valence-corrected chi connectivity index (χ4v) is 5.43. The first kappa shape index (κ1) is 55.3. The molecule has 6 heteroatoms. The largest absolute Gasteiger partial charge is 0.462 e. The van der Waals surface area contributed by atoms with Gasteiger partial charge < -0.3 is 14.2 Å². The van der Waals surface area contributed by atoms with E-state index in [9.17, 15) is 14.4 Å². The summed E-state index contributed by atoms with van der Waals surface area (Å²) in [6.07, 6.45) is 67.2. The number of allylic oxidation sites excluding steroid dienone is 23. The fraction of sp³-hybridized carbons (Fsp3) is 0.500. The van der Waals surface area contributed by atoms with Gasteiger partial charge in [-0.05, 0) is 83.5 Å². The molecule has 0 aromatic heterocycles. The Kier molecular flexibility index (Phi) is 43.3. The summed E-state index contributed by atoms with van der Waals surface area (Å²) in [4.78, 5) is 37.7. The molecule has 332 valence electrons. The second kappa shape index (κ2) is 47.0. The lowest BCUT2D eigenvalue weighted by atomic mass is 10.1. The van der Waals surface area contributed by atoms with E-state index in [0.29, 0.717) is 6.42 Å². The van der Waals surface area contributed by atoms with Crippen LogP contribution in [0.25, 0.3) is 0 Å². The number of carbonyl (C=O) groups excluding carboxylic acids is 3. The van der Waals surface area contributed by atoms with E-state index < -0.39 is 12.1 Å². The monoisotopic (exact) mass is 825 g/mol. The third-order valence-electron chi connectivity index (χ3n) is 8.76. The van der Waals surface area contributed by atoms with Crippen molar-refractivity contribution >= 4 is 17.9 Å². The van der Waals surface area contributed by atoms with E-state index in [0.717, 1.165) is 96.3 Å². The molecule has 0 saturated heterocycles. The summed E-state index contributed by atoms with van der Waals surface area (Å²) in [7, 11) is 0. The zero-order valence-corrected chi connectivity index (χ0v) is 37.6. The summed E-state index contributed by atoms with van der Waals surface area (Å²) in [6.45, 7) is 6.07. The molecule has 0 rings (SSSR count). The molecule has 0 amide bonds. The maximum Gasteiger partial charge on any atom is 0.309 e. The molecule has 0 aliphatic carbocycles. The van der Waals surface area contributed by atoms with Crippen molar-refractivity contribution in [2.75, 3.05) is 13.2 Å². The van der Waals surface area contributed by atoms with Crippen molar-refractivity contribution in [3.8, 4) is 0 Å². The van der Waals surface area contributed by atoms with Crippen LogP contribution in [0.1, 0.15) is 156 Å². The average molecular weight is 825 g/mol. The number of ether oxygens (including phenoxy) is 3. The molecule has 0 saturated carbocycles. The molecule has 0 aromatic rings. The van der Waals surface area contributed by atoms with Gasteiger partial charge in [-0.2, -0.15) is 0 Å². The lowest BCUT2D eigenvalue weighted by Gasteiger charge is -2.18. The Bertz CT molecular complexity index is 1410. The molecule has 0 fully saturated rings. The van der Waals surface area contributed by atoms with Crippen molar-refractivity contribution in [2.45, 2.75) is 162 Å². The third-order valence-corrected chi connectivity index (χ3v) is 8.76. The van der Waals surface area contributed by atoms with E-state index in [4.69, 9.17) is 14.2 Å². The summed E-state index contributed by atoms with van der Waals surface area (Å²) in [5.74, 6) is -1.14. The first-order chi connectivity index (χ1) is 29.5. The molecule has 0 radical (unpaired) electrons. The Morgan fingerprint density at radius 3 is 1.30 bits per heavy atom. The average Bonchev–Trinajstić information content (AvgIpc) is 3.24. The molecule has 0 bridgehead atoms. The van der Waals surface area contributed by atoms with Crippen molar-refractivity contribution in [1.82, 2.24) is 0 Å². The highest BCUT2D eigenvalue weighted by molar-refractivity contribution is 5.72. The van der Waals surface area contributed by atoms with Crippen LogP contribution in [0, 0.1) is 0 Å². The SMILES string of the molecule is CC\C=C/C=C\C=C/C=C\C=C\C=C/CCCCCC(=O)OCC(COC(=O)C/C=C\C/C=C\C/C=C\CC)OC(=O)CCCCCCCC/C=C\C/C=C\C/C=C\CC. The minimum absolute atomic E-state index is 0.116. The summed E-state index contributed by atoms with van der Waals surface area (Å²) in [5, 5.41) is 0. The van der Waals surface area contributed by atoms with Crippen LogP contribution in [-0.4, -0.2) is 37.2 Å². The predicted octanol–water partition coefficient (Wildman–Crippen LogP) is 14.9. The molecule has 0 heterocycles. The van der Waals surface area contributed by atoms with E-state index >= 15 is 0 Å².